The molecular weight excluding hydrogens is 1530 g/mol. The van der Waals surface area contributed by atoms with Crippen LogP contribution in [0.4, 0.5) is 0 Å². The van der Waals surface area contributed by atoms with E-state index in [1.165, 1.54) is 153 Å². The molecule has 22 aromatic carbocycles. The normalized spacial score (nSPS) is 12.1. The SMILES string of the molecule is c1ccc(-c2cccc(-n3c4ccc5c6ccccc6oc5c4c4ccc5c(c6ccccc6n5-c5ccc(-c6ccc7c8ccccc8c8ccccc8c7c6)cc5)c43)c2)cc1.c1ccc(-c2cccc(-n3c4ccccc4c4c3ccc3c5c6oc7ccccc7c6ccc5n(-c5cccc(-c6ccc7c8ccccc8c8ccccc8c7c6)c5)c34)c2)cc1. The first-order valence-electron chi connectivity index (χ1n) is 43.3. The van der Waals surface area contributed by atoms with Gasteiger partial charge < -0.3 is 27.1 Å². The Hall–Kier alpha value is -16.8. The Bertz CT molecular complexity index is 9410. The Kier molecular flexibility index (Phi) is 15.2. The predicted octanol–water partition coefficient (Wildman–Crippen LogP) is 33.1. The van der Waals surface area contributed by atoms with E-state index in [2.05, 4.69) is 455 Å². The second-order valence-corrected chi connectivity index (χ2v) is 33.6. The highest BCUT2D eigenvalue weighted by Crippen LogP contribution is 2.51. The minimum atomic E-state index is 0.899. The summed E-state index contributed by atoms with van der Waals surface area (Å²) >= 11 is 0. The molecule has 0 saturated carbocycles. The summed E-state index contributed by atoms with van der Waals surface area (Å²) in [5, 5.41) is 29.3. The van der Waals surface area contributed by atoms with Gasteiger partial charge in [-0.1, -0.05) is 303 Å². The van der Waals surface area contributed by atoms with Gasteiger partial charge in [-0.05, 0) is 243 Å². The number of furan rings is 2. The summed E-state index contributed by atoms with van der Waals surface area (Å²) in [5.41, 5.74) is 26.8. The lowest BCUT2D eigenvalue weighted by atomic mass is 9.92. The topological polar surface area (TPSA) is 46.0 Å². The van der Waals surface area contributed by atoms with E-state index < -0.39 is 0 Å². The van der Waals surface area contributed by atoms with Crippen molar-refractivity contribution >= 4 is 196 Å². The number of aromatic nitrogens is 4. The maximum atomic E-state index is 6.83. The highest BCUT2D eigenvalue weighted by Gasteiger charge is 2.28. The number of nitrogens with zero attached hydrogens (tertiary/aromatic N) is 4. The molecule has 28 aromatic rings. The summed E-state index contributed by atoms with van der Waals surface area (Å²) in [6, 6.07) is 159. The third-order valence-corrected chi connectivity index (χ3v) is 26.9. The molecule has 0 atom stereocenters. The number of hydrogen-bond acceptors (Lipinski definition) is 2. The lowest BCUT2D eigenvalue weighted by Crippen LogP contribution is -1.96. The van der Waals surface area contributed by atoms with E-state index in [1.807, 2.05) is 0 Å². The first kappa shape index (κ1) is 69.9. The van der Waals surface area contributed by atoms with Gasteiger partial charge in [0.05, 0.1) is 54.9 Å². The summed E-state index contributed by atoms with van der Waals surface area (Å²) < 4.78 is 23.5. The number of fused-ring (bicyclic) bond motifs is 34. The van der Waals surface area contributed by atoms with E-state index in [-0.39, 0.29) is 0 Å². The Morgan fingerprint density at radius 1 is 0.135 bits per heavy atom. The zero-order valence-corrected chi connectivity index (χ0v) is 68.2. The first-order chi connectivity index (χ1) is 62.5. The third-order valence-electron chi connectivity index (χ3n) is 26.9. The maximum Gasteiger partial charge on any atom is 0.145 e. The zero-order chi connectivity index (χ0) is 82.3. The fourth-order valence-corrected chi connectivity index (χ4v) is 21.4. The van der Waals surface area contributed by atoms with E-state index in [9.17, 15) is 0 Å². The standard InChI is InChI=1S/2C60H36N2O/c1-2-14-37(15-3-1)38-16-12-18-41(34-38)61-53-26-10-8-25-50(53)57-54(61)33-31-51-58-55(32-30-49-48-24-9-11-27-56(48)63-60(49)58)62(59(51)57)42-19-13-17-39(35-42)40-28-29-47-45-22-5-4-20-43(45)44-21-6-7-23-46(44)52(47)36-40;1-2-13-37(14-3-1)39-15-12-16-42(35-39)62-55-33-31-49-48-21-9-11-24-56(48)63-60(49)58(55)51-32-34-54-57(59(51)62)50-22-8-10-23-53(50)61(54)41-28-25-38(26-29-41)40-27-30-47-45-19-5-4-17-43(45)44-18-6-7-20-46(44)52(47)36-40/h2*1-36H. The highest BCUT2D eigenvalue weighted by molar-refractivity contribution is 6.34. The van der Waals surface area contributed by atoms with Gasteiger partial charge in [0.15, 0.2) is 0 Å². The van der Waals surface area contributed by atoms with Gasteiger partial charge >= 0.3 is 0 Å². The Morgan fingerprint density at radius 2 is 0.405 bits per heavy atom. The molecule has 0 fully saturated rings. The van der Waals surface area contributed by atoms with Crippen LogP contribution in [0, 0.1) is 0 Å². The molecule has 0 radical (unpaired) electrons. The molecule has 0 saturated heterocycles. The second kappa shape index (κ2) is 27.4. The van der Waals surface area contributed by atoms with Crippen molar-refractivity contribution in [2.45, 2.75) is 0 Å². The molecule has 0 bridgehead atoms. The molecule has 0 N–H and O–H groups in total. The van der Waals surface area contributed by atoms with Crippen LogP contribution in [0.3, 0.4) is 0 Å². The summed E-state index contributed by atoms with van der Waals surface area (Å²) in [6.07, 6.45) is 0. The lowest BCUT2D eigenvalue weighted by Gasteiger charge is -2.14. The number of rotatable bonds is 8. The van der Waals surface area contributed by atoms with Gasteiger partial charge in [0, 0.05) is 76.6 Å². The highest BCUT2D eigenvalue weighted by atomic mass is 16.3. The molecule has 0 aliphatic rings. The zero-order valence-electron chi connectivity index (χ0n) is 68.2. The average molecular weight is 1600 g/mol. The van der Waals surface area contributed by atoms with Crippen molar-refractivity contribution in [3.05, 3.63) is 437 Å². The van der Waals surface area contributed by atoms with Crippen molar-refractivity contribution in [3.8, 4) is 67.3 Å². The minimum Gasteiger partial charge on any atom is -0.455 e. The fourth-order valence-electron chi connectivity index (χ4n) is 21.4. The Morgan fingerprint density at radius 3 is 0.817 bits per heavy atom. The molecule has 0 spiro atoms. The number of hydrogen-bond donors (Lipinski definition) is 0. The predicted molar refractivity (Wildman–Crippen MR) is 532 cm³/mol. The molecular formula is C120H72N4O2. The van der Waals surface area contributed by atoms with Crippen molar-refractivity contribution in [1.82, 2.24) is 18.3 Å². The second-order valence-electron chi connectivity index (χ2n) is 33.6. The average Bonchev–Trinajstić information content (AvgIpc) is 1.51. The van der Waals surface area contributed by atoms with E-state index in [0.29, 0.717) is 0 Å². The van der Waals surface area contributed by atoms with Crippen LogP contribution >= 0.6 is 0 Å². The van der Waals surface area contributed by atoms with Gasteiger partial charge in [0.2, 0.25) is 0 Å². The summed E-state index contributed by atoms with van der Waals surface area (Å²) in [4.78, 5) is 0. The first-order valence-corrected chi connectivity index (χ1v) is 43.3. The molecule has 0 aliphatic carbocycles. The molecule has 6 aromatic heterocycles. The van der Waals surface area contributed by atoms with Gasteiger partial charge in [-0.25, -0.2) is 0 Å². The maximum absolute atomic E-state index is 6.83. The summed E-state index contributed by atoms with van der Waals surface area (Å²) in [7, 11) is 0. The van der Waals surface area contributed by atoms with Gasteiger partial charge in [-0.2, -0.15) is 0 Å². The molecule has 584 valence electrons. The van der Waals surface area contributed by atoms with Crippen LogP contribution in [0.5, 0.6) is 0 Å². The van der Waals surface area contributed by atoms with Gasteiger partial charge in [0.1, 0.15) is 22.3 Å². The molecule has 0 aliphatic heterocycles. The van der Waals surface area contributed by atoms with Gasteiger partial charge in [0.25, 0.3) is 0 Å². The molecule has 0 unspecified atom stereocenters. The quantitative estimate of drug-likeness (QED) is 0.142. The fraction of sp³-hybridized carbons (Fsp3) is 0. The van der Waals surface area contributed by atoms with Crippen molar-refractivity contribution in [1.29, 1.82) is 0 Å². The molecule has 28 rings (SSSR count). The monoisotopic (exact) mass is 1600 g/mol. The van der Waals surface area contributed by atoms with Crippen LogP contribution in [-0.4, -0.2) is 18.3 Å². The molecule has 126 heavy (non-hydrogen) atoms. The van der Waals surface area contributed by atoms with E-state index in [4.69, 9.17) is 8.83 Å². The molecule has 6 nitrogen and oxygen atoms in total. The van der Waals surface area contributed by atoms with Crippen molar-refractivity contribution < 1.29 is 8.83 Å². The lowest BCUT2D eigenvalue weighted by molar-refractivity contribution is 0.672. The molecule has 6 heteroatoms. The van der Waals surface area contributed by atoms with Crippen LogP contribution in [0.25, 0.3) is 263 Å². The summed E-state index contributed by atoms with van der Waals surface area (Å²) in [6.45, 7) is 0. The minimum absolute atomic E-state index is 0.899. The van der Waals surface area contributed by atoms with Crippen molar-refractivity contribution in [3.63, 3.8) is 0 Å². The van der Waals surface area contributed by atoms with Crippen LogP contribution in [0.15, 0.2) is 446 Å². The Balaban J connectivity index is 0.000000131. The molecule has 0 amide bonds. The van der Waals surface area contributed by atoms with Crippen LogP contribution in [0.2, 0.25) is 0 Å². The van der Waals surface area contributed by atoms with Crippen LogP contribution < -0.4 is 0 Å². The van der Waals surface area contributed by atoms with E-state index in [1.54, 1.807) is 0 Å². The number of para-hydroxylation sites is 4. The van der Waals surface area contributed by atoms with Crippen LogP contribution in [-0.2, 0) is 0 Å². The largest absolute Gasteiger partial charge is 0.455 e. The van der Waals surface area contributed by atoms with Crippen molar-refractivity contribution in [2.75, 3.05) is 0 Å². The Labute approximate surface area is 721 Å². The molecule has 6 heterocycles. The van der Waals surface area contributed by atoms with E-state index >= 15 is 0 Å². The van der Waals surface area contributed by atoms with Gasteiger partial charge in [-0.3, -0.25) is 0 Å². The smallest absolute Gasteiger partial charge is 0.145 e. The number of benzene rings is 22. The summed E-state index contributed by atoms with van der Waals surface area (Å²) in [5.74, 6) is 0. The van der Waals surface area contributed by atoms with Gasteiger partial charge in [-0.15, -0.1) is 0 Å². The van der Waals surface area contributed by atoms with Crippen molar-refractivity contribution in [2.24, 2.45) is 0 Å². The third kappa shape index (κ3) is 10.4. The van der Waals surface area contributed by atoms with E-state index in [0.717, 1.165) is 110 Å². The van der Waals surface area contributed by atoms with Crippen LogP contribution in [0.1, 0.15) is 0 Å².